The summed E-state index contributed by atoms with van der Waals surface area (Å²) >= 11 is 0. The van der Waals surface area contributed by atoms with Crippen LogP contribution >= 0.6 is 0 Å². The molecule has 0 aliphatic carbocycles. The van der Waals surface area contributed by atoms with Crippen molar-refractivity contribution in [2.45, 2.75) is 38.2 Å². The zero-order valence-corrected chi connectivity index (χ0v) is 9.52. The Labute approximate surface area is 96.6 Å². The Kier molecular flexibility index (Phi) is 4.11. The zero-order chi connectivity index (χ0) is 11.2. The molecule has 0 radical (unpaired) electrons. The molecule has 1 aromatic carbocycles. The van der Waals surface area contributed by atoms with E-state index in [4.69, 9.17) is 4.74 Å². The van der Waals surface area contributed by atoms with Gasteiger partial charge in [0.2, 0.25) is 0 Å². The molecule has 2 nitrogen and oxygen atoms in total. The highest BCUT2D eigenvalue weighted by Crippen LogP contribution is 2.17. The van der Waals surface area contributed by atoms with Crippen molar-refractivity contribution in [3.63, 3.8) is 0 Å². The van der Waals surface area contributed by atoms with Gasteiger partial charge in [-0.3, -0.25) is 4.79 Å². The molecule has 1 aliphatic rings. The summed E-state index contributed by atoms with van der Waals surface area (Å²) in [5, 5.41) is 0. The van der Waals surface area contributed by atoms with Gasteiger partial charge >= 0.3 is 0 Å². The van der Waals surface area contributed by atoms with Crippen molar-refractivity contribution < 1.29 is 9.53 Å². The van der Waals surface area contributed by atoms with Gasteiger partial charge < -0.3 is 4.74 Å². The van der Waals surface area contributed by atoms with Crippen molar-refractivity contribution in [2.75, 3.05) is 6.61 Å². The third kappa shape index (κ3) is 3.17. The van der Waals surface area contributed by atoms with Gasteiger partial charge in [-0.2, -0.15) is 0 Å². The molecule has 1 saturated heterocycles. The summed E-state index contributed by atoms with van der Waals surface area (Å²) in [4.78, 5) is 11.9. The minimum atomic E-state index is 0.134. The van der Waals surface area contributed by atoms with Crippen LogP contribution in [0.3, 0.4) is 0 Å². The van der Waals surface area contributed by atoms with Crippen LogP contribution in [0, 0.1) is 0 Å². The molecule has 1 heterocycles. The molecule has 16 heavy (non-hydrogen) atoms. The van der Waals surface area contributed by atoms with Crippen molar-refractivity contribution >= 4 is 5.78 Å². The normalized spacial score (nSPS) is 21.4. The number of rotatable bonds is 3. The molecule has 0 N–H and O–H groups in total. The van der Waals surface area contributed by atoms with Crippen LogP contribution in [0.25, 0.3) is 0 Å². The Hall–Kier alpha value is -1.15. The maximum atomic E-state index is 11.9. The average Bonchev–Trinajstić information content (AvgIpc) is 2.59. The average molecular weight is 218 g/mol. The third-order valence-corrected chi connectivity index (χ3v) is 3.03. The van der Waals surface area contributed by atoms with Gasteiger partial charge in [-0.1, -0.05) is 43.2 Å². The highest BCUT2D eigenvalue weighted by Gasteiger charge is 2.17. The van der Waals surface area contributed by atoms with Gasteiger partial charge in [0.05, 0.1) is 6.10 Å². The van der Waals surface area contributed by atoms with Crippen LogP contribution in [-0.4, -0.2) is 18.5 Å². The Morgan fingerprint density at radius 2 is 2.00 bits per heavy atom. The molecule has 2 heteroatoms. The molecule has 86 valence electrons. The Bertz CT molecular complexity index is 324. The fourth-order valence-electron chi connectivity index (χ4n) is 2.09. The predicted octanol–water partition coefficient (Wildman–Crippen LogP) is 3.22. The SMILES string of the molecule is O=C(CC1CCCCCO1)c1ccccc1. The molecule has 1 atom stereocenters. The Morgan fingerprint density at radius 3 is 2.81 bits per heavy atom. The van der Waals surface area contributed by atoms with Gasteiger partial charge in [0.15, 0.2) is 5.78 Å². The van der Waals surface area contributed by atoms with Crippen LogP contribution in [0.2, 0.25) is 0 Å². The second-order valence-electron chi connectivity index (χ2n) is 4.34. The number of carbonyl (C=O) groups is 1. The van der Waals surface area contributed by atoms with Gasteiger partial charge in [-0.05, 0) is 12.8 Å². The van der Waals surface area contributed by atoms with Gasteiger partial charge in [0.25, 0.3) is 0 Å². The minimum absolute atomic E-state index is 0.134. The molecule has 1 aromatic rings. The van der Waals surface area contributed by atoms with Crippen molar-refractivity contribution in [3.8, 4) is 0 Å². The molecule has 0 spiro atoms. The van der Waals surface area contributed by atoms with E-state index in [1.54, 1.807) is 0 Å². The zero-order valence-electron chi connectivity index (χ0n) is 9.52. The van der Waals surface area contributed by atoms with Crippen LogP contribution in [-0.2, 0) is 4.74 Å². The van der Waals surface area contributed by atoms with Crippen molar-refractivity contribution in [3.05, 3.63) is 35.9 Å². The number of ketones is 1. The molecular weight excluding hydrogens is 200 g/mol. The fourth-order valence-corrected chi connectivity index (χ4v) is 2.09. The lowest BCUT2D eigenvalue weighted by Crippen LogP contribution is -2.17. The molecule has 2 rings (SSSR count). The van der Waals surface area contributed by atoms with E-state index in [2.05, 4.69) is 0 Å². The van der Waals surface area contributed by atoms with Crippen molar-refractivity contribution in [1.82, 2.24) is 0 Å². The molecule has 1 unspecified atom stereocenters. The molecule has 0 bridgehead atoms. The van der Waals surface area contributed by atoms with Gasteiger partial charge in [0.1, 0.15) is 0 Å². The maximum Gasteiger partial charge on any atom is 0.165 e. The first kappa shape index (κ1) is 11.3. The lowest BCUT2D eigenvalue weighted by atomic mass is 10.0. The van der Waals surface area contributed by atoms with Gasteiger partial charge in [-0.15, -0.1) is 0 Å². The minimum Gasteiger partial charge on any atom is -0.378 e. The van der Waals surface area contributed by atoms with E-state index < -0.39 is 0 Å². The lowest BCUT2D eigenvalue weighted by molar-refractivity contribution is 0.0484. The summed E-state index contributed by atoms with van der Waals surface area (Å²) in [6.45, 7) is 0.812. The van der Waals surface area contributed by atoms with Gasteiger partial charge in [0, 0.05) is 18.6 Å². The summed E-state index contributed by atoms with van der Waals surface area (Å²) in [6.07, 6.45) is 5.25. The van der Waals surface area contributed by atoms with Crippen LogP contribution in [0.1, 0.15) is 42.5 Å². The van der Waals surface area contributed by atoms with Crippen LogP contribution < -0.4 is 0 Å². The molecule has 0 saturated carbocycles. The predicted molar refractivity (Wildman–Crippen MR) is 63.6 cm³/mol. The quantitative estimate of drug-likeness (QED) is 0.728. The fraction of sp³-hybridized carbons (Fsp3) is 0.500. The number of hydrogen-bond acceptors (Lipinski definition) is 2. The molecule has 1 aliphatic heterocycles. The summed E-state index contributed by atoms with van der Waals surface area (Å²) in [5.41, 5.74) is 0.801. The van der Waals surface area contributed by atoms with Crippen molar-refractivity contribution in [1.29, 1.82) is 0 Å². The number of carbonyl (C=O) groups excluding carboxylic acids is 1. The standard InChI is InChI=1S/C14H18O2/c15-14(12-7-3-1-4-8-12)11-13-9-5-2-6-10-16-13/h1,3-4,7-8,13H,2,5-6,9-11H2. The smallest absolute Gasteiger partial charge is 0.165 e. The van der Waals surface area contributed by atoms with Gasteiger partial charge in [-0.25, -0.2) is 0 Å². The lowest BCUT2D eigenvalue weighted by Gasteiger charge is -2.13. The molecule has 0 aromatic heterocycles. The number of benzene rings is 1. The van der Waals surface area contributed by atoms with E-state index in [9.17, 15) is 4.79 Å². The Balaban J connectivity index is 1.91. The summed E-state index contributed by atoms with van der Waals surface area (Å²) in [5.74, 6) is 0.201. The van der Waals surface area contributed by atoms with E-state index in [0.29, 0.717) is 6.42 Å². The van der Waals surface area contributed by atoms with E-state index in [1.165, 1.54) is 12.8 Å². The van der Waals surface area contributed by atoms with Crippen LogP contribution in [0.5, 0.6) is 0 Å². The number of hydrogen-bond donors (Lipinski definition) is 0. The first-order valence-corrected chi connectivity index (χ1v) is 6.06. The van der Waals surface area contributed by atoms with E-state index in [-0.39, 0.29) is 11.9 Å². The summed E-state index contributed by atoms with van der Waals surface area (Å²) in [6, 6.07) is 9.49. The van der Waals surface area contributed by atoms with E-state index >= 15 is 0 Å². The molecular formula is C14H18O2. The molecule has 0 amide bonds. The number of Topliss-reactive ketones (excluding diaryl/α,β-unsaturated/α-hetero) is 1. The first-order valence-electron chi connectivity index (χ1n) is 6.06. The van der Waals surface area contributed by atoms with Crippen LogP contribution in [0.4, 0.5) is 0 Å². The highest BCUT2D eigenvalue weighted by atomic mass is 16.5. The van der Waals surface area contributed by atoms with E-state index in [0.717, 1.165) is 25.0 Å². The Morgan fingerprint density at radius 1 is 1.19 bits per heavy atom. The third-order valence-electron chi connectivity index (χ3n) is 3.03. The second-order valence-corrected chi connectivity index (χ2v) is 4.34. The number of ether oxygens (including phenoxy) is 1. The maximum absolute atomic E-state index is 11.9. The largest absolute Gasteiger partial charge is 0.378 e. The second kappa shape index (κ2) is 5.80. The first-order chi connectivity index (χ1) is 7.86. The topological polar surface area (TPSA) is 26.3 Å². The summed E-state index contributed by atoms with van der Waals surface area (Å²) < 4.78 is 5.67. The van der Waals surface area contributed by atoms with Crippen LogP contribution in [0.15, 0.2) is 30.3 Å². The monoisotopic (exact) mass is 218 g/mol. The highest BCUT2D eigenvalue weighted by molar-refractivity contribution is 5.96. The summed E-state index contributed by atoms with van der Waals surface area (Å²) in [7, 11) is 0. The molecule has 1 fully saturated rings. The van der Waals surface area contributed by atoms with Crippen molar-refractivity contribution in [2.24, 2.45) is 0 Å². The van der Waals surface area contributed by atoms with E-state index in [1.807, 2.05) is 30.3 Å².